The van der Waals surface area contributed by atoms with Gasteiger partial charge in [-0.3, -0.25) is 0 Å². The molecule has 1 aliphatic rings. The Morgan fingerprint density at radius 3 is 2.10 bits per heavy atom. The molecule has 0 radical (unpaired) electrons. The summed E-state index contributed by atoms with van der Waals surface area (Å²) in [5.74, 6) is -0.164. The molecule has 0 unspecified atom stereocenters. The van der Waals surface area contributed by atoms with Crippen molar-refractivity contribution in [3.8, 4) is 0 Å². The molecule has 1 aliphatic heterocycles. The van der Waals surface area contributed by atoms with Crippen LogP contribution in [0.15, 0.2) is 54.6 Å². The van der Waals surface area contributed by atoms with E-state index in [0.717, 1.165) is 13.1 Å². The molecule has 0 amide bonds. The molecule has 104 valence electrons. The smallest absolute Gasteiger partial charge is 0.139 e. The van der Waals surface area contributed by atoms with Gasteiger partial charge in [-0.15, -0.1) is 0 Å². The summed E-state index contributed by atoms with van der Waals surface area (Å²) in [5.41, 5.74) is 2.52. The minimum atomic E-state index is -0.164. The van der Waals surface area contributed by atoms with Crippen LogP contribution in [0.1, 0.15) is 17.2 Å². The second-order valence-corrected chi connectivity index (χ2v) is 5.42. The van der Waals surface area contributed by atoms with Crippen molar-refractivity contribution in [3.63, 3.8) is 0 Å². The lowest BCUT2D eigenvalue weighted by Gasteiger charge is -2.31. The molecule has 1 heterocycles. The van der Waals surface area contributed by atoms with E-state index >= 15 is 0 Å². The van der Waals surface area contributed by atoms with Gasteiger partial charge in [0.1, 0.15) is 38.0 Å². The Morgan fingerprint density at radius 2 is 1.45 bits per heavy atom. The minimum Gasteiger partial charge on any atom is -0.337 e. The molecule has 1 fully saturated rings. The summed E-state index contributed by atoms with van der Waals surface area (Å²) in [7, 11) is 0. The minimum absolute atomic E-state index is 0.164. The Hall–Kier alpha value is -1.71. The fourth-order valence-corrected chi connectivity index (χ4v) is 3.10. The van der Waals surface area contributed by atoms with Crippen LogP contribution in [0.4, 0.5) is 4.39 Å². The number of nitrogens with two attached hydrogens (primary N) is 1. The fraction of sp³-hybridized carbons (Fsp3) is 0.294. The number of benzene rings is 2. The molecule has 3 heteroatoms. The number of hydrogen-bond donors (Lipinski definition) is 2. The van der Waals surface area contributed by atoms with E-state index in [-0.39, 0.29) is 5.82 Å². The zero-order valence-electron chi connectivity index (χ0n) is 11.6. The van der Waals surface area contributed by atoms with Crippen molar-refractivity contribution in [3.05, 3.63) is 71.5 Å². The highest BCUT2D eigenvalue weighted by Crippen LogP contribution is 2.19. The summed E-state index contributed by atoms with van der Waals surface area (Å²) < 4.78 is 13.2. The number of quaternary nitrogens is 2. The molecular formula is C17H21FN2+2. The monoisotopic (exact) mass is 272 g/mol. The summed E-state index contributed by atoms with van der Waals surface area (Å²) in [6, 6.07) is 17.9. The summed E-state index contributed by atoms with van der Waals surface area (Å²) in [5, 5.41) is 2.37. The highest BCUT2D eigenvalue weighted by molar-refractivity contribution is 5.29. The molecule has 0 bridgehead atoms. The molecule has 2 nitrogen and oxygen atoms in total. The van der Waals surface area contributed by atoms with Crippen molar-refractivity contribution in [2.45, 2.75) is 6.04 Å². The van der Waals surface area contributed by atoms with E-state index < -0.39 is 0 Å². The van der Waals surface area contributed by atoms with Crippen LogP contribution in [-0.2, 0) is 0 Å². The van der Waals surface area contributed by atoms with Crippen LogP contribution in [-0.4, -0.2) is 26.2 Å². The van der Waals surface area contributed by atoms with E-state index in [0.29, 0.717) is 6.04 Å². The SMILES string of the molecule is Fc1ccc([C@H](c2ccccc2)[NH+]2CC[NH2+]CC2)cc1. The molecule has 0 saturated carbocycles. The maximum atomic E-state index is 13.2. The predicted octanol–water partition coefficient (Wildman–Crippen LogP) is 0.377. The average molecular weight is 272 g/mol. The van der Waals surface area contributed by atoms with Crippen molar-refractivity contribution in [2.75, 3.05) is 26.2 Å². The number of rotatable bonds is 3. The van der Waals surface area contributed by atoms with Crippen LogP contribution in [0, 0.1) is 5.82 Å². The van der Waals surface area contributed by atoms with Gasteiger partial charge in [-0.25, -0.2) is 4.39 Å². The Kier molecular flexibility index (Phi) is 4.09. The average Bonchev–Trinajstić information content (AvgIpc) is 2.52. The number of nitrogens with one attached hydrogen (secondary N) is 1. The predicted molar refractivity (Wildman–Crippen MR) is 77.0 cm³/mol. The molecule has 1 saturated heterocycles. The van der Waals surface area contributed by atoms with Crippen molar-refractivity contribution in [1.29, 1.82) is 0 Å². The lowest BCUT2D eigenvalue weighted by atomic mass is 9.96. The molecule has 3 N–H and O–H groups in total. The van der Waals surface area contributed by atoms with Crippen LogP contribution in [0.25, 0.3) is 0 Å². The molecule has 0 aromatic heterocycles. The maximum Gasteiger partial charge on any atom is 0.139 e. The highest BCUT2D eigenvalue weighted by Gasteiger charge is 2.28. The van der Waals surface area contributed by atoms with Gasteiger partial charge in [0.15, 0.2) is 0 Å². The fourth-order valence-electron chi connectivity index (χ4n) is 3.10. The normalized spacial score (nSPS) is 17.9. The van der Waals surface area contributed by atoms with Gasteiger partial charge < -0.3 is 10.2 Å². The number of hydrogen-bond acceptors (Lipinski definition) is 0. The Bertz CT molecular complexity index is 533. The number of piperazine rings is 1. The largest absolute Gasteiger partial charge is 0.337 e. The van der Waals surface area contributed by atoms with Gasteiger partial charge in [0.05, 0.1) is 0 Å². The lowest BCUT2D eigenvalue weighted by molar-refractivity contribution is -0.967. The highest BCUT2D eigenvalue weighted by atomic mass is 19.1. The third-order valence-corrected chi connectivity index (χ3v) is 4.08. The quantitative estimate of drug-likeness (QED) is 0.806. The molecule has 0 spiro atoms. The van der Waals surface area contributed by atoms with E-state index in [9.17, 15) is 4.39 Å². The van der Waals surface area contributed by atoms with Crippen LogP contribution < -0.4 is 10.2 Å². The molecule has 3 rings (SSSR count). The van der Waals surface area contributed by atoms with Gasteiger partial charge in [-0.05, 0) is 24.3 Å². The van der Waals surface area contributed by atoms with E-state index in [1.54, 1.807) is 17.0 Å². The van der Waals surface area contributed by atoms with Gasteiger partial charge in [-0.2, -0.15) is 0 Å². The van der Waals surface area contributed by atoms with Crippen molar-refractivity contribution >= 4 is 0 Å². The standard InChI is InChI=1S/C17H19FN2/c18-16-8-6-15(7-9-16)17(14-4-2-1-3-5-14)20-12-10-19-11-13-20/h1-9,17,19H,10-13H2/p+2/t17-/m0/s1. The number of halogens is 1. The zero-order chi connectivity index (χ0) is 13.8. The van der Waals surface area contributed by atoms with E-state index in [4.69, 9.17) is 0 Å². The third-order valence-electron chi connectivity index (χ3n) is 4.08. The molecule has 2 aromatic rings. The van der Waals surface area contributed by atoms with Gasteiger partial charge >= 0.3 is 0 Å². The first-order valence-electron chi connectivity index (χ1n) is 7.31. The summed E-state index contributed by atoms with van der Waals surface area (Å²) in [6.45, 7) is 4.63. The summed E-state index contributed by atoms with van der Waals surface area (Å²) in [4.78, 5) is 1.57. The van der Waals surface area contributed by atoms with Gasteiger partial charge in [0.25, 0.3) is 0 Å². The summed E-state index contributed by atoms with van der Waals surface area (Å²) in [6.07, 6.45) is 0. The van der Waals surface area contributed by atoms with Crippen molar-refractivity contribution in [2.24, 2.45) is 0 Å². The molecule has 2 aromatic carbocycles. The Balaban J connectivity index is 1.96. The first-order chi connectivity index (χ1) is 9.84. The van der Waals surface area contributed by atoms with Gasteiger partial charge in [0.2, 0.25) is 0 Å². The zero-order valence-corrected chi connectivity index (χ0v) is 11.6. The van der Waals surface area contributed by atoms with Gasteiger partial charge in [-0.1, -0.05) is 30.3 Å². The first-order valence-corrected chi connectivity index (χ1v) is 7.31. The second kappa shape index (κ2) is 6.16. The van der Waals surface area contributed by atoms with E-state index in [1.165, 1.54) is 24.2 Å². The summed E-state index contributed by atoms with van der Waals surface area (Å²) >= 11 is 0. The van der Waals surface area contributed by atoms with Gasteiger partial charge in [0, 0.05) is 11.1 Å². The second-order valence-electron chi connectivity index (χ2n) is 5.42. The van der Waals surface area contributed by atoms with Crippen molar-refractivity contribution in [1.82, 2.24) is 0 Å². The van der Waals surface area contributed by atoms with E-state index in [2.05, 4.69) is 29.6 Å². The Morgan fingerprint density at radius 1 is 0.850 bits per heavy atom. The van der Waals surface area contributed by atoms with Crippen LogP contribution in [0.5, 0.6) is 0 Å². The molecule has 20 heavy (non-hydrogen) atoms. The van der Waals surface area contributed by atoms with Crippen LogP contribution in [0.3, 0.4) is 0 Å². The molecular weight excluding hydrogens is 251 g/mol. The first kappa shape index (κ1) is 13.3. The van der Waals surface area contributed by atoms with Crippen molar-refractivity contribution < 1.29 is 14.6 Å². The maximum absolute atomic E-state index is 13.2. The van der Waals surface area contributed by atoms with E-state index in [1.807, 2.05) is 18.2 Å². The van der Waals surface area contributed by atoms with Crippen LogP contribution in [0.2, 0.25) is 0 Å². The third kappa shape index (κ3) is 2.89. The topological polar surface area (TPSA) is 21.1 Å². The molecule has 0 aliphatic carbocycles. The van der Waals surface area contributed by atoms with Crippen LogP contribution >= 0.6 is 0 Å². The lowest BCUT2D eigenvalue weighted by Crippen LogP contribution is -3.20. The molecule has 1 atom stereocenters. The Labute approximate surface area is 119 Å².